The number of hydrogen-bond acceptors (Lipinski definition) is 4. The van der Waals surface area contributed by atoms with Gasteiger partial charge in [0, 0.05) is 55.8 Å². The van der Waals surface area contributed by atoms with Crippen molar-refractivity contribution in [1.82, 2.24) is 19.4 Å². The summed E-state index contributed by atoms with van der Waals surface area (Å²) in [7, 11) is 0. The molecule has 1 unspecified atom stereocenters. The first-order valence-electron chi connectivity index (χ1n) is 12.7. The molecule has 0 spiro atoms. The highest BCUT2D eigenvalue weighted by Gasteiger charge is 2.38. The fourth-order valence-electron chi connectivity index (χ4n) is 5.32. The molecule has 0 radical (unpaired) electrons. The van der Waals surface area contributed by atoms with Crippen LogP contribution in [0.25, 0.3) is 0 Å². The second-order valence-electron chi connectivity index (χ2n) is 10.2. The number of rotatable bonds is 7. The van der Waals surface area contributed by atoms with Crippen LogP contribution in [0.4, 0.5) is 0 Å². The van der Waals surface area contributed by atoms with E-state index >= 15 is 0 Å². The second kappa shape index (κ2) is 10.4. The number of nitrogens with zero attached hydrogens (tertiary/aromatic N) is 4. The van der Waals surface area contributed by atoms with Gasteiger partial charge in [-0.1, -0.05) is 44.2 Å². The van der Waals surface area contributed by atoms with Gasteiger partial charge in [-0.3, -0.25) is 9.59 Å². The van der Waals surface area contributed by atoms with Crippen molar-refractivity contribution in [3.63, 3.8) is 0 Å². The van der Waals surface area contributed by atoms with Gasteiger partial charge in [-0.15, -0.1) is 11.3 Å². The smallest absolute Gasteiger partial charge is 0.227 e. The van der Waals surface area contributed by atoms with Gasteiger partial charge in [-0.2, -0.15) is 0 Å². The van der Waals surface area contributed by atoms with Gasteiger partial charge in [0.25, 0.3) is 0 Å². The van der Waals surface area contributed by atoms with Crippen molar-refractivity contribution in [3.05, 3.63) is 76.0 Å². The predicted octanol–water partition coefficient (Wildman–Crippen LogP) is 4.87. The summed E-state index contributed by atoms with van der Waals surface area (Å²) in [6.07, 6.45) is 6.12. The van der Waals surface area contributed by atoms with Gasteiger partial charge in [-0.25, -0.2) is 4.98 Å². The Kier molecular flexibility index (Phi) is 7.04. The normalized spacial score (nSPS) is 19.2. The third-order valence-corrected chi connectivity index (χ3v) is 8.27. The highest BCUT2D eigenvalue weighted by Crippen LogP contribution is 2.30. The van der Waals surface area contributed by atoms with E-state index in [1.807, 2.05) is 33.5 Å². The average Bonchev–Trinajstić information content (AvgIpc) is 3.62. The van der Waals surface area contributed by atoms with E-state index in [9.17, 15) is 9.59 Å². The molecule has 35 heavy (non-hydrogen) atoms. The van der Waals surface area contributed by atoms with Gasteiger partial charge >= 0.3 is 0 Å². The number of likely N-dealkylation sites (tertiary alicyclic amines) is 2. The Morgan fingerprint density at radius 3 is 2.57 bits per heavy atom. The number of carbonyl (C=O) groups excluding carboxylic acids is 2. The van der Waals surface area contributed by atoms with E-state index < -0.39 is 0 Å². The van der Waals surface area contributed by atoms with Crippen LogP contribution in [0.15, 0.2) is 54.2 Å². The Hall–Kier alpha value is -2.93. The third kappa shape index (κ3) is 5.35. The highest BCUT2D eigenvalue weighted by atomic mass is 32.1. The lowest BCUT2D eigenvalue weighted by Crippen LogP contribution is -2.42. The number of amides is 2. The van der Waals surface area contributed by atoms with Crippen LogP contribution in [0.1, 0.15) is 66.8 Å². The minimum absolute atomic E-state index is 0.0927. The van der Waals surface area contributed by atoms with Gasteiger partial charge in [0.15, 0.2) is 0 Å². The maximum absolute atomic E-state index is 13.2. The Balaban J connectivity index is 1.16. The first-order valence-corrected chi connectivity index (χ1v) is 13.5. The van der Waals surface area contributed by atoms with E-state index in [0.717, 1.165) is 38.3 Å². The summed E-state index contributed by atoms with van der Waals surface area (Å²) < 4.78 is 2.25. The maximum atomic E-state index is 13.2. The van der Waals surface area contributed by atoms with Gasteiger partial charge < -0.3 is 14.4 Å². The van der Waals surface area contributed by atoms with Crippen LogP contribution in [0.3, 0.4) is 0 Å². The number of hydrogen-bond donors (Lipinski definition) is 0. The zero-order valence-electron chi connectivity index (χ0n) is 20.6. The standard InChI is InChI=1S/C28H34N4O2S/c1-20(2)22-7-5-21(6-8-22)17-31-14-11-29-27(31)23-9-12-30(13-10-23)28(34)24-16-26(33)32(18-24)19-25-4-3-15-35-25/h3-8,11,14-15,20,23-24H,9-10,12-13,16-19H2,1-2H3. The highest BCUT2D eigenvalue weighted by molar-refractivity contribution is 7.09. The lowest BCUT2D eigenvalue weighted by Gasteiger charge is -2.33. The summed E-state index contributed by atoms with van der Waals surface area (Å²) in [6.45, 7) is 7.86. The van der Waals surface area contributed by atoms with Crippen LogP contribution in [0.2, 0.25) is 0 Å². The molecule has 184 valence electrons. The molecule has 0 N–H and O–H groups in total. The quantitative estimate of drug-likeness (QED) is 0.475. The van der Waals surface area contributed by atoms with E-state index in [1.165, 1.54) is 16.0 Å². The molecule has 3 aromatic rings. The number of piperidine rings is 1. The van der Waals surface area contributed by atoms with Crippen LogP contribution < -0.4 is 0 Å². The van der Waals surface area contributed by atoms with E-state index in [-0.39, 0.29) is 17.7 Å². The molecule has 0 saturated carbocycles. The van der Waals surface area contributed by atoms with Crippen molar-refractivity contribution in [1.29, 1.82) is 0 Å². The Morgan fingerprint density at radius 1 is 1.11 bits per heavy atom. The Bertz CT molecular complexity index is 1140. The number of carbonyl (C=O) groups is 2. The molecule has 2 amide bonds. The van der Waals surface area contributed by atoms with Gasteiger partial charge in [0.2, 0.25) is 11.8 Å². The zero-order valence-corrected chi connectivity index (χ0v) is 21.4. The van der Waals surface area contributed by atoms with Crippen LogP contribution in [-0.4, -0.2) is 50.8 Å². The number of thiophene rings is 1. The van der Waals surface area contributed by atoms with Crippen molar-refractivity contribution in [2.24, 2.45) is 5.92 Å². The van der Waals surface area contributed by atoms with Crippen molar-refractivity contribution in [3.8, 4) is 0 Å². The molecule has 0 aliphatic carbocycles. The number of benzene rings is 1. The molecule has 2 aliphatic heterocycles. The summed E-state index contributed by atoms with van der Waals surface area (Å²) in [5.41, 5.74) is 2.63. The summed E-state index contributed by atoms with van der Waals surface area (Å²) in [6, 6.07) is 12.9. The fourth-order valence-corrected chi connectivity index (χ4v) is 6.04. The minimum atomic E-state index is -0.213. The molecule has 5 rings (SSSR count). The first-order chi connectivity index (χ1) is 17.0. The van der Waals surface area contributed by atoms with Crippen molar-refractivity contribution >= 4 is 23.2 Å². The van der Waals surface area contributed by atoms with Crippen LogP contribution in [-0.2, 0) is 22.7 Å². The lowest BCUT2D eigenvalue weighted by molar-refractivity contribution is -0.136. The predicted molar refractivity (Wildman–Crippen MR) is 138 cm³/mol. The molecule has 2 aliphatic rings. The van der Waals surface area contributed by atoms with Gasteiger partial charge in [0.1, 0.15) is 5.82 Å². The number of aromatic nitrogens is 2. The zero-order chi connectivity index (χ0) is 24.4. The monoisotopic (exact) mass is 490 g/mol. The largest absolute Gasteiger partial charge is 0.342 e. The third-order valence-electron chi connectivity index (χ3n) is 7.41. The summed E-state index contributed by atoms with van der Waals surface area (Å²) >= 11 is 1.65. The number of imidazole rings is 1. The molecule has 2 saturated heterocycles. The average molecular weight is 491 g/mol. The van der Waals surface area contributed by atoms with Gasteiger partial charge in [0.05, 0.1) is 12.5 Å². The van der Waals surface area contributed by atoms with E-state index in [1.54, 1.807) is 11.3 Å². The fraction of sp³-hybridized carbons (Fsp3) is 0.464. The van der Waals surface area contributed by atoms with E-state index in [2.05, 4.69) is 48.9 Å². The van der Waals surface area contributed by atoms with Crippen LogP contribution in [0.5, 0.6) is 0 Å². The molecular weight excluding hydrogens is 456 g/mol. The van der Waals surface area contributed by atoms with Crippen molar-refractivity contribution < 1.29 is 9.59 Å². The molecule has 1 aromatic carbocycles. The first kappa shape index (κ1) is 23.8. The van der Waals surface area contributed by atoms with Gasteiger partial charge in [-0.05, 0) is 41.3 Å². The molecule has 2 fully saturated rings. The molecule has 7 heteroatoms. The van der Waals surface area contributed by atoms with E-state index in [4.69, 9.17) is 4.98 Å². The molecule has 4 heterocycles. The summed E-state index contributed by atoms with van der Waals surface area (Å²) in [5.74, 6) is 2.02. The maximum Gasteiger partial charge on any atom is 0.227 e. The second-order valence-corrected chi connectivity index (χ2v) is 11.2. The summed E-state index contributed by atoms with van der Waals surface area (Å²) in [5, 5.41) is 2.02. The summed E-state index contributed by atoms with van der Waals surface area (Å²) in [4.78, 5) is 35.4. The molecule has 0 bridgehead atoms. The van der Waals surface area contributed by atoms with Crippen LogP contribution in [0, 0.1) is 5.92 Å². The van der Waals surface area contributed by atoms with Crippen molar-refractivity contribution in [2.45, 2.75) is 58.0 Å². The minimum Gasteiger partial charge on any atom is -0.342 e. The topological polar surface area (TPSA) is 58.4 Å². The molecule has 6 nitrogen and oxygen atoms in total. The molecular formula is C28H34N4O2S. The molecule has 2 aromatic heterocycles. The Morgan fingerprint density at radius 2 is 1.89 bits per heavy atom. The SMILES string of the molecule is CC(C)c1ccc(Cn2ccnc2C2CCN(C(=O)C3CC(=O)N(Cc4cccs4)C3)CC2)cc1. The Labute approximate surface area is 211 Å². The van der Waals surface area contributed by atoms with Crippen molar-refractivity contribution in [2.75, 3.05) is 19.6 Å². The van der Waals surface area contributed by atoms with Crippen LogP contribution >= 0.6 is 11.3 Å². The lowest BCUT2D eigenvalue weighted by atomic mass is 9.94. The van der Waals surface area contributed by atoms with E-state index in [0.29, 0.717) is 31.3 Å². The molecule has 1 atom stereocenters.